The van der Waals surface area contributed by atoms with Gasteiger partial charge in [0, 0.05) is 23.4 Å². The fraction of sp³-hybridized carbons (Fsp3) is 0.0769. The van der Waals surface area contributed by atoms with Crippen molar-refractivity contribution in [2.45, 2.75) is 6.42 Å². The molecule has 4 aromatic rings. The Labute approximate surface area is 183 Å². The Hall–Kier alpha value is -4.32. The van der Waals surface area contributed by atoms with E-state index in [4.69, 9.17) is 0 Å². The maximum atomic E-state index is 12.9. The second-order valence-corrected chi connectivity index (χ2v) is 7.58. The van der Waals surface area contributed by atoms with Crippen molar-refractivity contribution in [2.24, 2.45) is 0 Å². The molecule has 1 aromatic heterocycles. The molecule has 6 heteroatoms. The number of amides is 1. The number of nitrogens with zero attached hydrogens (tertiary/aromatic N) is 2. The van der Waals surface area contributed by atoms with Crippen LogP contribution in [0.3, 0.4) is 0 Å². The highest BCUT2D eigenvalue weighted by atomic mass is 16.2. The molecule has 6 nitrogen and oxygen atoms in total. The van der Waals surface area contributed by atoms with Gasteiger partial charge in [0.2, 0.25) is 0 Å². The summed E-state index contributed by atoms with van der Waals surface area (Å²) in [6, 6.07) is 21.7. The van der Waals surface area contributed by atoms with E-state index in [0.717, 1.165) is 17.7 Å². The first-order chi connectivity index (χ1) is 15.6. The monoisotopic (exact) mass is 421 g/mol. The van der Waals surface area contributed by atoms with Gasteiger partial charge in [0.25, 0.3) is 11.5 Å². The molecular formula is C26H19N3O3. The Morgan fingerprint density at radius 1 is 0.906 bits per heavy atom. The van der Waals surface area contributed by atoms with Gasteiger partial charge < -0.3 is 9.88 Å². The minimum absolute atomic E-state index is 0.0867. The lowest BCUT2D eigenvalue weighted by Crippen LogP contribution is -2.28. The number of aromatic nitrogens is 2. The second kappa shape index (κ2) is 8.07. The number of rotatable bonds is 4. The molecule has 0 atom stereocenters. The van der Waals surface area contributed by atoms with E-state index in [9.17, 15) is 14.4 Å². The van der Waals surface area contributed by atoms with Crippen LogP contribution in [0.15, 0.2) is 83.7 Å². The van der Waals surface area contributed by atoms with Crippen molar-refractivity contribution in [1.29, 1.82) is 0 Å². The first-order valence-corrected chi connectivity index (χ1v) is 10.3. The Balaban J connectivity index is 1.33. The molecule has 0 saturated carbocycles. The molecule has 0 aliphatic carbocycles. The van der Waals surface area contributed by atoms with Crippen molar-refractivity contribution in [3.8, 4) is 0 Å². The lowest BCUT2D eigenvalue weighted by atomic mass is 10.1. The average molecular weight is 421 g/mol. The first kappa shape index (κ1) is 19.6. The number of hydrogen-bond donors (Lipinski definition) is 1. The third-order valence-corrected chi connectivity index (χ3v) is 5.57. The zero-order chi connectivity index (χ0) is 22.1. The molecule has 0 spiro atoms. The standard InChI is InChI=1S/C26H19N3O3/c30-24(14-13-22-25(31)28-21-7-3-2-6-20(21)27-22)18-9-11-19(12-10-18)26(32)29-16-15-17-5-1-4-8-23(17)29/h1-14H,15-16H2,(H,28,31)/b14-13+. The van der Waals surface area contributed by atoms with Gasteiger partial charge in [-0.25, -0.2) is 4.98 Å². The third-order valence-electron chi connectivity index (χ3n) is 5.57. The predicted molar refractivity (Wildman–Crippen MR) is 124 cm³/mol. The SMILES string of the molecule is O=C(/C=C/c1nc2ccccc2[nH]c1=O)c1ccc(C(=O)N2CCc3ccccc32)cc1. The molecule has 1 aliphatic rings. The van der Waals surface area contributed by atoms with Crippen LogP contribution in [0.5, 0.6) is 0 Å². The van der Waals surface area contributed by atoms with Crippen molar-refractivity contribution >= 4 is 34.5 Å². The molecule has 0 saturated heterocycles. The van der Waals surface area contributed by atoms with Crippen LogP contribution < -0.4 is 10.5 Å². The second-order valence-electron chi connectivity index (χ2n) is 7.58. The molecule has 1 aliphatic heterocycles. The smallest absolute Gasteiger partial charge is 0.274 e. The molecular weight excluding hydrogens is 402 g/mol. The quantitative estimate of drug-likeness (QED) is 0.399. The fourth-order valence-electron chi connectivity index (χ4n) is 3.89. The number of para-hydroxylation sites is 3. The number of aromatic amines is 1. The zero-order valence-corrected chi connectivity index (χ0v) is 17.1. The van der Waals surface area contributed by atoms with E-state index in [-0.39, 0.29) is 22.9 Å². The Kier molecular flexibility index (Phi) is 4.95. The van der Waals surface area contributed by atoms with E-state index >= 15 is 0 Å². The molecule has 1 N–H and O–H groups in total. The molecule has 3 aromatic carbocycles. The van der Waals surface area contributed by atoms with Crippen LogP contribution in [-0.4, -0.2) is 28.2 Å². The van der Waals surface area contributed by atoms with Gasteiger partial charge in [0.1, 0.15) is 5.69 Å². The van der Waals surface area contributed by atoms with Gasteiger partial charge in [0.15, 0.2) is 5.78 Å². The van der Waals surface area contributed by atoms with E-state index in [1.807, 2.05) is 36.4 Å². The molecule has 156 valence electrons. The molecule has 2 heterocycles. The van der Waals surface area contributed by atoms with Gasteiger partial charge in [-0.05, 0) is 54.5 Å². The van der Waals surface area contributed by atoms with Crippen LogP contribution in [-0.2, 0) is 6.42 Å². The third kappa shape index (κ3) is 3.63. The summed E-state index contributed by atoms with van der Waals surface area (Å²) >= 11 is 0. The van der Waals surface area contributed by atoms with Crippen molar-refractivity contribution in [1.82, 2.24) is 9.97 Å². The largest absolute Gasteiger partial charge is 0.319 e. The molecule has 0 unspecified atom stereocenters. The minimum atomic E-state index is -0.361. The Bertz CT molecular complexity index is 1430. The molecule has 5 rings (SSSR count). The lowest BCUT2D eigenvalue weighted by Gasteiger charge is -2.17. The number of allylic oxidation sites excluding steroid dienone is 1. The number of hydrogen-bond acceptors (Lipinski definition) is 4. The van der Waals surface area contributed by atoms with E-state index in [0.29, 0.717) is 28.7 Å². The number of fused-ring (bicyclic) bond motifs is 2. The van der Waals surface area contributed by atoms with E-state index in [1.54, 1.807) is 41.3 Å². The Morgan fingerprint density at radius 2 is 1.62 bits per heavy atom. The van der Waals surface area contributed by atoms with Crippen LogP contribution in [0.25, 0.3) is 17.1 Å². The van der Waals surface area contributed by atoms with Crippen LogP contribution in [0, 0.1) is 0 Å². The number of ketones is 1. The summed E-state index contributed by atoms with van der Waals surface area (Å²) < 4.78 is 0. The summed E-state index contributed by atoms with van der Waals surface area (Å²) in [4.78, 5) is 46.5. The van der Waals surface area contributed by atoms with Gasteiger partial charge in [-0.1, -0.05) is 42.5 Å². The number of anilines is 1. The van der Waals surface area contributed by atoms with Crippen LogP contribution in [0.4, 0.5) is 5.69 Å². The maximum Gasteiger partial charge on any atom is 0.274 e. The maximum absolute atomic E-state index is 12.9. The van der Waals surface area contributed by atoms with Crippen LogP contribution in [0.2, 0.25) is 0 Å². The fourth-order valence-corrected chi connectivity index (χ4v) is 3.89. The van der Waals surface area contributed by atoms with Crippen LogP contribution >= 0.6 is 0 Å². The highest BCUT2D eigenvalue weighted by Crippen LogP contribution is 2.28. The zero-order valence-electron chi connectivity index (χ0n) is 17.1. The van der Waals surface area contributed by atoms with Crippen molar-refractivity contribution in [3.63, 3.8) is 0 Å². The summed E-state index contributed by atoms with van der Waals surface area (Å²) in [6.07, 6.45) is 3.57. The Morgan fingerprint density at radius 3 is 2.47 bits per heavy atom. The molecule has 0 fully saturated rings. The number of carbonyl (C=O) groups is 2. The minimum Gasteiger partial charge on any atom is -0.319 e. The van der Waals surface area contributed by atoms with Crippen molar-refractivity contribution < 1.29 is 9.59 Å². The van der Waals surface area contributed by atoms with Gasteiger partial charge in [-0.15, -0.1) is 0 Å². The average Bonchev–Trinajstić information content (AvgIpc) is 3.26. The van der Waals surface area contributed by atoms with E-state index in [1.165, 1.54) is 12.2 Å². The molecule has 1 amide bonds. The summed E-state index contributed by atoms with van der Waals surface area (Å²) in [5, 5.41) is 0. The normalized spacial score (nSPS) is 12.9. The lowest BCUT2D eigenvalue weighted by molar-refractivity contribution is 0.0987. The highest BCUT2D eigenvalue weighted by molar-refractivity contribution is 6.09. The highest BCUT2D eigenvalue weighted by Gasteiger charge is 2.25. The van der Waals surface area contributed by atoms with E-state index in [2.05, 4.69) is 9.97 Å². The topological polar surface area (TPSA) is 83.1 Å². The van der Waals surface area contributed by atoms with Gasteiger partial charge in [-0.3, -0.25) is 14.4 Å². The van der Waals surface area contributed by atoms with Gasteiger partial charge >= 0.3 is 0 Å². The van der Waals surface area contributed by atoms with E-state index < -0.39 is 0 Å². The summed E-state index contributed by atoms with van der Waals surface area (Å²) in [7, 11) is 0. The van der Waals surface area contributed by atoms with Crippen molar-refractivity contribution in [2.75, 3.05) is 11.4 Å². The summed E-state index contributed by atoms with van der Waals surface area (Å²) in [5.74, 6) is -0.360. The van der Waals surface area contributed by atoms with Crippen molar-refractivity contribution in [3.05, 3.63) is 112 Å². The number of benzene rings is 3. The number of nitrogens with one attached hydrogen (secondary N) is 1. The predicted octanol–water partition coefficient (Wildman–Crippen LogP) is 4.02. The number of H-pyrrole nitrogens is 1. The molecule has 32 heavy (non-hydrogen) atoms. The molecule has 0 bridgehead atoms. The van der Waals surface area contributed by atoms with Crippen LogP contribution in [0.1, 0.15) is 32.0 Å². The van der Waals surface area contributed by atoms with Gasteiger partial charge in [-0.2, -0.15) is 0 Å². The summed E-state index contributed by atoms with van der Waals surface area (Å²) in [5.41, 5.74) is 4.14. The van der Waals surface area contributed by atoms with Gasteiger partial charge in [0.05, 0.1) is 11.0 Å². The first-order valence-electron chi connectivity index (χ1n) is 10.3. The molecule has 0 radical (unpaired) electrons. The number of carbonyl (C=O) groups excluding carboxylic acids is 2. The summed E-state index contributed by atoms with van der Waals surface area (Å²) in [6.45, 7) is 0.648.